The molecule has 0 spiro atoms. The summed E-state index contributed by atoms with van der Waals surface area (Å²) in [5.41, 5.74) is 0.591. The molecule has 0 aliphatic carbocycles. The van der Waals surface area contributed by atoms with E-state index in [0.29, 0.717) is 28.7 Å². The molecule has 0 bridgehead atoms. The van der Waals surface area contributed by atoms with Crippen molar-refractivity contribution >= 4 is 11.6 Å². The highest BCUT2D eigenvalue weighted by Crippen LogP contribution is 2.30. The number of methoxy groups -OCH3 is 3. The Hall–Kier alpha value is -2.89. The lowest BCUT2D eigenvalue weighted by Crippen LogP contribution is -2.30. The number of benzene rings is 2. The van der Waals surface area contributed by atoms with E-state index in [-0.39, 0.29) is 5.91 Å². The first kappa shape index (κ1) is 17.5. The van der Waals surface area contributed by atoms with Crippen molar-refractivity contribution in [2.45, 2.75) is 13.0 Å². The first-order valence-corrected chi connectivity index (χ1v) is 7.41. The van der Waals surface area contributed by atoms with Crippen molar-refractivity contribution in [3.8, 4) is 23.0 Å². The van der Waals surface area contributed by atoms with Crippen LogP contribution in [0, 0.1) is 0 Å². The first-order valence-electron chi connectivity index (χ1n) is 7.41. The molecule has 0 unspecified atom stereocenters. The van der Waals surface area contributed by atoms with E-state index in [2.05, 4.69) is 5.32 Å². The zero-order chi connectivity index (χ0) is 17.5. The summed E-state index contributed by atoms with van der Waals surface area (Å²) >= 11 is 0. The second-order valence-electron chi connectivity index (χ2n) is 4.97. The molecule has 24 heavy (non-hydrogen) atoms. The first-order chi connectivity index (χ1) is 11.6. The quantitative estimate of drug-likeness (QED) is 0.844. The van der Waals surface area contributed by atoms with Gasteiger partial charge in [-0.25, -0.2) is 0 Å². The van der Waals surface area contributed by atoms with Gasteiger partial charge in [-0.3, -0.25) is 4.79 Å². The molecular weight excluding hydrogens is 310 g/mol. The topological polar surface area (TPSA) is 66.0 Å². The average Bonchev–Trinajstić information content (AvgIpc) is 2.61. The number of amides is 1. The molecule has 1 atom stereocenters. The molecule has 0 heterocycles. The van der Waals surface area contributed by atoms with E-state index in [1.807, 2.05) is 12.1 Å². The predicted octanol–water partition coefficient (Wildman–Crippen LogP) is 3.12. The molecule has 2 aromatic carbocycles. The second kappa shape index (κ2) is 8.10. The van der Waals surface area contributed by atoms with E-state index in [1.54, 1.807) is 51.5 Å². The van der Waals surface area contributed by atoms with Crippen LogP contribution in [0.15, 0.2) is 42.5 Å². The highest BCUT2D eigenvalue weighted by atomic mass is 16.5. The van der Waals surface area contributed by atoms with Crippen LogP contribution in [0.2, 0.25) is 0 Å². The van der Waals surface area contributed by atoms with E-state index in [9.17, 15) is 4.79 Å². The number of carbonyl (C=O) groups excluding carboxylic acids is 1. The molecule has 1 amide bonds. The summed E-state index contributed by atoms with van der Waals surface area (Å²) in [7, 11) is 4.65. The molecule has 6 heteroatoms. The number of para-hydroxylation sites is 2. The van der Waals surface area contributed by atoms with E-state index in [0.717, 1.165) is 0 Å². The number of hydrogen-bond donors (Lipinski definition) is 1. The van der Waals surface area contributed by atoms with Crippen LogP contribution in [0.3, 0.4) is 0 Å². The normalized spacial score (nSPS) is 11.3. The minimum atomic E-state index is -0.700. The fraction of sp³-hybridized carbons (Fsp3) is 0.278. The third-order valence-corrected chi connectivity index (χ3v) is 3.39. The van der Waals surface area contributed by atoms with E-state index in [4.69, 9.17) is 18.9 Å². The molecule has 1 N–H and O–H groups in total. The fourth-order valence-electron chi connectivity index (χ4n) is 2.12. The van der Waals surface area contributed by atoms with Gasteiger partial charge in [0.2, 0.25) is 0 Å². The maximum Gasteiger partial charge on any atom is 0.265 e. The van der Waals surface area contributed by atoms with Crippen molar-refractivity contribution in [2.24, 2.45) is 0 Å². The highest BCUT2D eigenvalue weighted by Gasteiger charge is 2.17. The molecule has 0 aromatic heterocycles. The number of nitrogens with one attached hydrogen (secondary N) is 1. The molecule has 0 aliphatic rings. The summed E-state index contributed by atoms with van der Waals surface area (Å²) in [4.78, 5) is 12.3. The molecular formula is C18H21NO5. The van der Waals surface area contributed by atoms with Crippen LogP contribution >= 0.6 is 0 Å². The smallest absolute Gasteiger partial charge is 0.265 e. The third-order valence-electron chi connectivity index (χ3n) is 3.39. The minimum Gasteiger partial charge on any atom is -0.493 e. The molecule has 0 saturated heterocycles. The van der Waals surface area contributed by atoms with Gasteiger partial charge in [0.1, 0.15) is 0 Å². The molecule has 0 saturated carbocycles. The number of ether oxygens (including phenoxy) is 4. The number of anilines is 1. The number of hydrogen-bond acceptors (Lipinski definition) is 5. The zero-order valence-corrected chi connectivity index (χ0v) is 14.2. The van der Waals surface area contributed by atoms with Crippen molar-refractivity contribution in [1.82, 2.24) is 0 Å². The van der Waals surface area contributed by atoms with Gasteiger partial charge in [-0.1, -0.05) is 12.1 Å². The van der Waals surface area contributed by atoms with Crippen LogP contribution in [0.4, 0.5) is 5.69 Å². The highest BCUT2D eigenvalue weighted by molar-refractivity contribution is 5.94. The largest absolute Gasteiger partial charge is 0.493 e. The molecule has 0 aliphatic heterocycles. The summed E-state index contributed by atoms with van der Waals surface area (Å²) in [6, 6.07) is 12.3. The van der Waals surface area contributed by atoms with Crippen LogP contribution in [-0.2, 0) is 4.79 Å². The monoisotopic (exact) mass is 331 g/mol. The number of carbonyl (C=O) groups is 1. The lowest BCUT2D eigenvalue weighted by atomic mass is 10.2. The summed E-state index contributed by atoms with van der Waals surface area (Å²) in [5, 5.41) is 2.79. The Balaban J connectivity index is 2.06. The van der Waals surface area contributed by atoms with Crippen molar-refractivity contribution < 1.29 is 23.7 Å². The van der Waals surface area contributed by atoms with Crippen molar-refractivity contribution in [1.29, 1.82) is 0 Å². The average molecular weight is 331 g/mol. The fourth-order valence-corrected chi connectivity index (χ4v) is 2.12. The van der Waals surface area contributed by atoms with Crippen molar-refractivity contribution in [3.05, 3.63) is 42.5 Å². The van der Waals surface area contributed by atoms with E-state index >= 15 is 0 Å². The lowest BCUT2D eigenvalue weighted by Gasteiger charge is -2.17. The molecule has 6 nitrogen and oxygen atoms in total. The van der Waals surface area contributed by atoms with Gasteiger partial charge in [0.15, 0.2) is 29.1 Å². The third kappa shape index (κ3) is 4.10. The summed E-state index contributed by atoms with van der Waals surface area (Å²) < 4.78 is 21.3. The van der Waals surface area contributed by atoms with E-state index in [1.165, 1.54) is 7.11 Å². The van der Waals surface area contributed by atoms with E-state index < -0.39 is 6.10 Å². The minimum absolute atomic E-state index is 0.284. The van der Waals surface area contributed by atoms with Crippen LogP contribution in [0.1, 0.15) is 6.92 Å². The Morgan fingerprint density at radius 3 is 2.08 bits per heavy atom. The van der Waals surface area contributed by atoms with Crippen molar-refractivity contribution in [2.75, 3.05) is 26.6 Å². The second-order valence-corrected chi connectivity index (χ2v) is 4.97. The Morgan fingerprint density at radius 1 is 0.875 bits per heavy atom. The Bertz CT molecular complexity index is 702. The molecule has 2 rings (SSSR count). The molecule has 0 fully saturated rings. The summed E-state index contributed by atoms with van der Waals surface area (Å²) in [6.07, 6.45) is -0.700. The van der Waals surface area contributed by atoms with Crippen LogP contribution in [0.5, 0.6) is 23.0 Å². The Labute approximate surface area is 141 Å². The molecule has 128 valence electrons. The SMILES string of the molecule is COc1ccc(NC(=O)[C@@H](C)Oc2ccccc2OC)cc1OC. The van der Waals surface area contributed by atoms with Gasteiger partial charge in [0.05, 0.1) is 21.3 Å². The Kier molecular flexibility index (Phi) is 5.89. The Morgan fingerprint density at radius 2 is 1.46 bits per heavy atom. The van der Waals surface area contributed by atoms with Gasteiger partial charge in [0.25, 0.3) is 5.91 Å². The summed E-state index contributed by atoms with van der Waals surface area (Å²) in [5.74, 6) is 1.92. The van der Waals surface area contributed by atoms with Gasteiger partial charge in [0, 0.05) is 11.8 Å². The van der Waals surface area contributed by atoms with Gasteiger partial charge in [-0.15, -0.1) is 0 Å². The zero-order valence-electron chi connectivity index (χ0n) is 14.2. The van der Waals surface area contributed by atoms with Gasteiger partial charge < -0.3 is 24.3 Å². The lowest BCUT2D eigenvalue weighted by molar-refractivity contribution is -0.122. The van der Waals surface area contributed by atoms with Gasteiger partial charge >= 0.3 is 0 Å². The van der Waals surface area contributed by atoms with Crippen LogP contribution < -0.4 is 24.3 Å². The molecule has 2 aromatic rings. The van der Waals surface area contributed by atoms with Crippen LogP contribution in [-0.4, -0.2) is 33.3 Å². The van der Waals surface area contributed by atoms with Gasteiger partial charge in [-0.05, 0) is 31.2 Å². The van der Waals surface area contributed by atoms with Crippen molar-refractivity contribution in [3.63, 3.8) is 0 Å². The predicted molar refractivity (Wildman–Crippen MR) is 91.3 cm³/mol. The van der Waals surface area contributed by atoms with Crippen LogP contribution in [0.25, 0.3) is 0 Å². The standard InChI is InChI=1S/C18H21NO5/c1-12(24-16-8-6-5-7-14(16)21-2)18(20)19-13-9-10-15(22-3)17(11-13)23-4/h5-12H,1-4H3,(H,19,20)/t12-/m1/s1. The van der Waals surface area contributed by atoms with Gasteiger partial charge in [-0.2, -0.15) is 0 Å². The summed E-state index contributed by atoms with van der Waals surface area (Å²) in [6.45, 7) is 1.67. The maximum atomic E-state index is 12.3. The molecule has 0 radical (unpaired) electrons. The number of rotatable bonds is 7. The maximum absolute atomic E-state index is 12.3.